The Bertz CT molecular complexity index is 3680. The number of hydrogen-bond acceptors (Lipinski definition) is 30. The summed E-state index contributed by atoms with van der Waals surface area (Å²) in [5.74, 6) is -1.93. The van der Waals surface area contributed by atoms with Crippen molar-refractivity contribution in [1.29, 1.82) is 0 Å². The van der Waals surface area contributed by atoms with Gasteiger partial charge in [0.05, 0.1) is 45.6 Å². The fraction of sp³-hybridized carbons (Fsp3) is 0.556. The maximum absolute atomic E-state index is 13.6. The summed E-state index contributed by atoms with van der Waals surface area (Å²) >= 11 is 0. The molecule has 3 fully saturated rings. The minimum atomic E-state index is -6.25. The molecular weight excluding hydrogens is 1180 g/mol. The smallest absolute Gasteiger partial charge is 0.490 e. The molecule has 3 saturated heterocycles. The van der Waals surface area contributed by atoms with E-state index in [-0.39, 0.29) is 57.8 Å². The number of nitrogens with zero attached hydrogens (tertiary/aromatic N) is 11. The predicted molar refractivity (Wildman–Crippen MR) is 261 cm³/mol. The Hall–Kier alpha value is -5.84. The summed E-state index contributed by atoms with van der Waals surface area (Å²) in [6.07, 6.45) is -13.8. The number of phosphoric ester groups is 3. The van der Waals surface area contributed by atoms with Crippen LogP contribution in [0.3, 0.4) is 0 Å². The first kappa shape index (κ1) is 59.8. The van der Waals surface area contributed by atoms with Crippen molar-refractivity contribution >= 4 is 88.5 Å². The number of methoxy groups -OCH3 is 1. The van der Waals surface area contributed by atoms with Crippen LogP contribution in [0.15, 0.2) is 34.9 Å². The Morgan fingerprint density at radius 1 is 0.741 bits per heavy atom. The van der Waals surface area contributed by atoms with Crippen LogP contribution in [0, 0.1) is 5.92 Å². The van der Waals surface area contributed by atoms with Gasteiger partial charge in [0.2, 0.25) is 24.5 Å². The molecule has 0 saturated carbocycles. The topological polar surface area (TPSA) is 577 Å². The Morgan fingerprint density at radius 2 is 1.31 bits per heavy atom. The zero-order valence-corrected chi connectivity index (χ0v) is 45.6. The predicted octanol–water partition coefficient (Wildman–Crippen LogP) is -4.82. The van der Waals surface area contributed by atoms with Crippen LogP contribution in [0.25, 0.3) is 33.5 Å². The third-order valence-corrected chi connectivity index (χ3v) is 17.8. The van der Waals surface area contributed by atoms with Crippen LogP contribution in [0.1, 0.15) is 18.7 Å². The average molecular weight is 1230 g/mol. The number of rotatable bonds is 21. The van der Waals surface area contributed by atoms with Gasteiger partial charge in [-0.25, -0.2) is 43.0 Å². The third-order valence-electron chi connectivity index (χ3n) is 12.6. The number of urea groups is 1. The van der Waals surface area contributed by atoms with E-state index in [0.29, 0.717) is 0 Å². The highest BCUT2D eigenvalue weighted by Gasteiger charge is 2.53. The minimum absolute atomic E-state index is 0.0100. The summed E-state index contributed by atoms with van der Waals surface area (Å²) in [5, 5.41) is 35.8. The molecule has 41 nitrogen and oxygen atoms in total. The summed E-state index contributed by atoms with van der Waals surface area (Å²) in [6.45, 7) is -3.79. The van der Waals surface area contributed by atoms with Gasteiger partial charge in [0.15, 0.2) is 35.1 Å². The van der Waals surface area contributed by atoms with Crippen molar-refractivity contribution in [2.75, 3.05) is 64.8 Å². The van der Waals surface area contributed by atoms with Gasteiger partial charge in [0, 0.05) is 33.7 Å². The van der Waals surface area contributed by atoms with Crippen molar-refractivity contribution in [1.82, 2.24) is 63.8 Å². The molecule has 9 rings (SSSR count). The zero-order valence-electron chi connectivity index (χ0n) is 42.0. The lowest BCUT2D eigenvalue weighted by Crippen LogP contribution is -2.43. The average Bonchev–Trinajstić information content (AvgIpc) is 4.45. The zero-order chi connectivity index (χ0) is 58.8. The molecule has 9 heterocycles. The fourth-order valence-electron chi connectivity index (χ4n) is 8.98. The van der Waals surface area contributed by atoms with Gasteiger partial charge in [-0.1, -0.05) is 0 Å². The second kappa shape index (κ2) is 22.7. The van der Waals surface area contributed by atoms with E-state index in [9.17, 15) is 67.5 Å². The van der Waals surface area contributed by atoms with Gasteiger partial charge in [0.1, 0.15) is 54.6 Å². The van der Waals surface area contributed by atoms with Crippen LogP contribution in [0.4, 0.5) is 22.5 Å². The van der Waals surface area contributed by atoms with E-state index in [1.807, 2.05) is 0 Å². The van der Waals surface area contributed by atoms with Crippen molar-refractivity contribution in [2.45, 2.75) is 67.5 Å². The van der Waals surface area contributed by atoms with E-state index in [1.54, 1.807) is 0 Å². The minimum Gasteiger partial charge on any atom is -0.756 e. The summed E-state index contributed by atoms with van der Waals surface area (Å²) in [5.41, 5.74) is 15.5. The highest BCUT2D eigenvalue weighted by Crippen LogP contribution is 2.68. The number of anilines is 3. The fourth-order valence-corrected chi connectivity index (χ4v) is 13.5. The first-order valence-electron chi connectivity index (χ1n) is 23.2. The van der Waals surface area contributed by atoms with Crippen LogP contribution in [0.5, 0.6) is 0 Å². The molecule has 0 aromatic carbocycles. The molecule has 81 heavy (non-hydrogen) atoms. The molecule has 444 valence electrons. The molecule has 3 aliphatic rings. The number of hydrogen-bond donors (Lipinski definition) is 12. The quantitative estimate of drug-likeness (QED) is 0.0238. The molecule has 6 aromatic heterocycles. The SMILES string of the molecule is CO[C@@H]1[C@H](OP(=O)([O-])OC[C@H]2O[C@@H](n3cnc4c(=O)[nH]c(N)nc43)[C@H](O)[C@@H]2O)[C@@H](COP(=O)(O)OP(=O)(O)OP(=O)(O)OC[C@H]2O[C@@H](n3c[n+](C)c4c(=O)[nH]c(N)nc43)[C@H](O)[C@@H]2CNC(=O)N(C)C)O[C@H]1n1cnc2c(N)ncnc21. The van der Waals surface area contributed by atoms with E-state index in [4.69, 9.17) is 54.2 Å². The molecule has 2 amide bonds. The molecule has 0 radical (unpaired) electrons. The molecule has 15 N–H and O–H groups in total. The van der Waals surface area contributed by atoms with E-state index < -0.39 is 142 Å². The number of aliphatic hydroxyl groups is 3. The number of phosphoric acid groups is 4. The molecular formula is C36H51N17O24P4. The summed E-state index contributed by atoms with van der Waals surface area (Å²) in [7, 11) is -18.5. The van der Waals surface area contributed by atoms with Gasteiger partial charge < -0.3 is 90.3 Å². The number of nitrogens with one attached hydrogen (secondary N) is 3. The van der Waals surface area contributed by atoms with Crippen molar-refractivity contribution in [3.8, 4) is 0 Å². The summed E-state index contributed by atoms with van der Waals surface area (Å²) in [6, 6.07) is -0.640. The first-order chi connectivity index (χ1) is 38.0. The van der Waals surface area contributed by atoms with Gasteiger partial charge in [-0.15, -0.1) is 0 Å². The van der Waals surface area contributed by atoms with Crippen LogP contribution in [0.2, 0.25) is 0 Å². The number of aromatic amines is 2. The van der Waals surface area contributed by atoms with Crippen molar-refractivity contribution in [3.63, 3.8) is 0 Å². The number of ether oxygens (including phenoxy) is 4. The van der Waals surface area contributed by atoms with Crippen molar-refractivity contribution < 1.29 is 108 Å². The lowest BCUT2D eigenvalue weighted by atomic mass is 9.98. The molecule has 4 unspecified atom stereocenters. The van der Waals surface area contributed by atoms with Crippen LogP contribution >= 0.6 is 31.3 Å². The largest absolute Gasteiger partial charge is 0.756 e. The molecule has 3 aliphatic heterocycles. The van der Waals surface area contributed by atoms with Gasteiger partial charge in [-0.3, -0.25) is 42.3 Å². The van der Waals surface area contributed by atoms with E-state index in [1.165, 1.54) is 41.2 Å². The number of H-pyrrole nitrogens is 2. The van der Waals surface area contributed by atoms with Crippen molar-refractivity contribution in [3.05, 3.63) is 46.0 Å². The number of nitrogens with two attached hydrogens (primary N) is 3. The summed E-state index contributed by atoms with van der Waals surface area (Å²) < 4.78 is 110. The first-order valence-corrected chi connectivity index (χ1v) is 29.2. The number of fused-ring (bicyclic) bond motifs is 3. The number of amides is 2. The third kappa shape index (κ3) is 12.4. The Morgan fingerprint density at radius 3 is 1.96 bits per heavy atom. The highest BCUT2D eigenvalue weighted by molar-refractivity contribution is 7.66. The van der Waals surface area contributed by atoms with E-state index in [2.05, 4.69) is 53.8 Å². The van der Waals surface area contributed by atoms with Gasteiger partial charge >= 0.3 is 35.1 Å². The Labute approximate surface area is 450 Å². The maximum atomic E-state index is 13.6. The normalized spacial score (nSPS) is 29.0. The van der Waals surface area contributed by atoms with Gasteiger partial charge in [-0.05, 0) is 0 Å². The lowest BCUT2D eigenvalue weighted by Gasteiger charge is -2.31. The number of aliphatic hydroxyl groups excluding tert-OH is 3. The second-order valence-electron chi connectivity index (χ2n) is 18.2. The number of nitrogen functional groups attached to an aromatic ring is 3. The Kier molecular flexibility index (Phi) is 16.8. The van der Waals surface area contributed by atoms with Gasteiger partial charge in [-0.2, -0.15) is 23.2 Å². The maximum Gasteiger partial charge on any atom is 0.490 e. The second-order valence-corrected chi connectivity index (χ2v) is 24.2. The number of imidazole rings is 3. The molecule has 16 atom stereocenters. The summed E-state index contributed by atoms with van der Waals surface area (Å²) in [4.78, 5) is 113. The molecule has 0 aliphatic carbocycles. The molecule has 0 bridgehead atoms. The van der Waals surface area contributed by atoms with Crippen LogP contribution < -0.4 is 43.1 Å². The number of carbonyl (C=O) groups is 1. The molecule has 45 heteroatoms. The number of aromatic nitrogens is 12. The number of carbonyl (C=O) groups excluding carboxylic acids is 1. The Balaban J connectivity index is 0.878. The van der Waals surface area contributed by atoms with E-state index in [0.717, 1.165) is 35.6 Å². The lowest BCUT2D eigenvalue weighted by molar-refractivity contribution is -0.646. The standard InChI is InChI=1S/C36H51N17O24P4/c1-49(2)36(59)40-5-13-14(72-31(20(13)54)53-12-50(3)19-28(53)46-35(39)48-30(19)58)6-70-79(62,63)76-81(66,67)77-80(64,65)71-8-16-23(24(68-4)33(74-16)51-10-43-17-25(37)41-9-42-26(17)51)75-78(60,61)69-7-15-21(55)22(56)32(73-15)52-11-44-18-27(52)45-34(38)47-29(18)57/h9-16,20-24,31-33,54-56H,5-8H2,1-4H3,(H12-,37,38,39,40,41,42,45,46,47,48,57,58,59,60,61,62,63,64,65,66,67)/t13-,14-,15-,16-,20-,21-,22-,23-,24-,31-,32-,33-/m1/s1. The monoisotopic (exact) mass is 1230 g/mol. The highest BCUT2D eigenvalue weighted by atomic mass is 31.3. The van der Waals surface area contributed by atoms with E-state index >= 15 is 0 Å². The van der Waals surface area contributed by atoms with Crippen LogP contribution in [-0.2, 0) is 71.0 Å². The van der Waals surface area contributed by atoms with Crippen LogP contribution in [-0.4, -0.2) is 191 Å². The molecule has 0 spiro atoms. The van der Waals surface area contributed by atoms with Gasteiger partial charge in [0.25, 0.3) is 24.5 Å². The molecule has 6 aromatic rings. The van der Waals surface area contributed by atoms with Crippen molar-refractivity contribution in [2.24, 2.45) is 13.0 Å². The number of aryl methyl sites for hydroxylation is 1.